The molecule has 1 aliphatic carbocycles. The van der Waals surface area contributed by atoms with E-state index in [2.05, 4.69) is 77.0 Å². The normalized spacial score (nSPS) is 15.5. The van der Waals surface area contributed by atoms with E-state index >= 15 is 0 Å². The van der Waals surface area contributed by atoms with Crippen LogP contribution in [0.25, 0.3) is 49.3 Å². The average Bonchev–Trinajstić information content (AvgIpc) is 3.68. The SMILES string of the molecule is C=C/C(=C\C(=C/C)c1cnc2n[nH]c(-c3cc4c(-c5ccc(C)s5)cncc4[nH]3)c2c1)CC1CCCCC1. The van der Waals surface area contributed by atoms with Crippen LogP contribution in [-0.2, 0) is 0 Å². The minimum atomic E-state index is 0.709. The van der Waals surface area contributed by atoms with Crippen LogP contribution in [0.4, 0.5) is 0 Å². The number of nitrogens with one attached hydrogen (secondary N) is 2. The highest BCUT2D eigenvalue weighted by molar-refractivity contribution is 7.15. The van der Waals surface area contributed by atoms with Gasteiger partial charge in [-0.05, 0) is 61.6 Å². The molecule has 1 aliphatic rings. The van der Waals surface area contributed by atoms with E-state index < -0.39 is 0 Å². The number of H-pyrrole nitrogens is 2. The summed E-state index contributed by atoms with van der Waals surface area (Å²) in [6.07, 6.45) is 20.1. The summed E-state index contributed by atoms with van der Waals surface area (Å²) in [5.74, 6) is 0.770. The van der Waals surface area contributed by atoms with E-state index in [4.69, 9.17) is 4.98 Å². The summed E-state index contributed by atoms with van der Waals surface area (Å²) in [7, 11) is 0. The van der Waals surface area contributed by atoms with Crippen LogP contribution in [0.1, 0.15) is 55.9 Å². The van der Waals surface area contributed by atoms with Gasteiger partial charge < -0.3 is 4.98 Å². The largest absolute Gasteiger partial charge is 0.352 e. The van der Waals surface area contributed by atoms with Gasteiger partial charge >= 0.3 is 0 Å². The molecule has 5 nitrogen and oxygen atoms in total. The summed E-state index contributed by atoms with van der Waals surface area (Å²) in [5.41, 5.74) is 8.31. The molecule has 0 atom stereocenters. The summed E-state index contributed by atoms with van der Waals surface area (Å²) in [6, 6.07) is 8.71. The average molecular weight is 520 g/mol. The Labute approximate surface area is 227 Å². The van der Waals surface area contributed by atoms with Crippen LogP contribution < -0.4 is 0 Å². The second-order valence-corrected chi connectivity index (χ2v) is 11.6. The van der Waals surface area contributed by atoms with Crippen molar-refractivity contribution < 1.29 is 0 Å². The summed E-state index contributed by atoms with van der Waals surface area (Å²) in [4.78, 5) is 15.3. The van der Waals surface area contributed by atoms with E-state index in [0.29, 0.717) is 5.65 Å². The summed E-state index contributed by atoms with van der Waals surface area (Å²) in [5, 5.41) is 9.89. The lowest BCUT2D eigenvalue weighted by Gasteiger charge is -2.22. The Balaban J connectivity index is 1.36. The molecule has 0 radical (unpaired) electrons. The molecule has 0 unspecified atom stereocenters. The third kappa shape index (κ3) is 4.76. The lowest BCUT2D eigenvalue weighted by atomic mass is 9.84. The highest BCUT2D eigenvalue weighted by atomic mass is 32.1. The van der Waals surface area contributed by atoms with E-state index in [1.807, 2.05) is 24.7 Å². The molecule has 6 rings (SSSR count). The van der Waals surface area contributed by atoms with Crippen molar-refractivity contribution in [2.75, 3.05) is 0 Å². The number of hydrogen-bond donors (Lipinski definition) is 2. The quantitative estimate of drug-likeness (QED) is 0.211. The van der Waals surface area contributed by atoms with Gasteiger partial charge in [-0.1, -0.05) is 56.9 Å². The number of nitrogens with zero attached hydrogens (tertiary/aromatic N) is 3. The van der Waals surface area contributed by atoms with E-state index in [1.54, 1.807) is 11.3 Å². The van der Waals surface area contributed by atoms with Crippen molar-refractivity contribution in [3.05, 3.63) is 83.7 Å². The first-order valence-corrected chi connectivity index (χ1v) is 14.3. The van der Waals surface area contributed by atoms with Crippen molar-refractivity contribution >= 4 is 38.8 Å². The highest BCUT2D eigenvalue weighted by Gasteiger charge is 2.17. The number of rotatable bonds is 7. The fraction of sp³-hybridized carbons (Fsp3) is 0.281. The standard InChI is InChI=1S/C32H33N5S/c1-4-21(13-22-9-7-6-8-10-22)14-23(5-2)24-15-26-31(36-37-32(26)34-17-24)28-16-25-27(18-33-19-29(25)35-28)30-12-11-20(3)38-30/h4-5,11-12,14-19,22,35H,1,6-10,13H2,2-3H3,(H,34,36,37)/b21-14+,23-5+. The maximum Gasteiger partial charge on any atom is 0.181 e. The van der Waals surface area contributed by atoms with Crippen LogP contribution in [0.3, 0.4) is 0 Å². The summed E-state index contributed by atoms with van der Waals surface area (Å²) >= 11 is 1.79. The number of aromatic amines is 2. The lowest BCUT2D eigenvalue weighted by molar-refractivity contribution is 0.358. The van der Waals surface area contributed by atoms with Gasteiger partial charge in [0, 0.05) is 44.0 Å². The molecule has 5 aromatic heterocycles. The van der Waals surface area contributed by atoms with E-state index in [-0.39, 0.29) is 0 Å². The Hall–Kier alpha value is -3.77. The first kappa shape index (κ1) is 24.6. The van der Waals surface area contributed by atoms with E-state index in [0.717, 1.165) is 56.7 Å². The molecule has 1 fully saturated rings. The van der Waals surface area contributed by atoms with E-state index in [9.17, 15) is 0 Å². The number of thiophene rings is 1. The number of hydrogen-bond acceptors (Lipinski definition) is 4. The first-order valence-electron chi connectivity index (χ1n) is 13.5. The van der Waals surface area contributed by atoms with Crippen molar-refractivity contribution in [2.45, 2.75) is 52.4 Å². The Morgan fingerprint density at radius 1 is 1.11 bits per heavy atom. The van der Waals surface area contributed by atoms with Gasteiger partial charge in [-0.3, -0.25) is 10.1 Å². The minimum Gasteiger partial charge on any atom is -0.352 e. The van der Waals surface area contributed by atoms with Crippen LogP contribution in [-0.4, -0.2) is 25.1 Å². The van der Waals surface area contributed by atoms with Crippen LogP contribution in [0.15, 0.2) is 73.2 Å². The van der Waals surface area contributed by atoms with Crippen molar-refractivity contribution in [1.82, 2.24) is 25.1 Å². The maximum absolute atomic E-state index is 4.70. The molecular formula is C32H33N5S. The highest BCUT2D eigenvalue weighted by Crippen LogP contribution is 2.36. The van der Waals surface area contributed by atoms with Gasteiger partial charge in [-0.25, -0.2) is 4.98 Å². The predicted molar refractivity (Wildman–Crippen MR) is 160 cm³/mol. The number of fused-ring (bicyclic) bond motifs is 2. The Bertz CT molecular complexity index is 1670. The Kier molecular flexibility index (Phi) is 6.81. The number of aryl methyl sites for hydroxylation is 1. The Morgan fingerprint density at radius 3 is 2.74 bits per heavy atom. The zero-order valence-corrected chi connectivity index (χ0v) is 22.9. The van der Waals surface area contributed by atoms with Crippen LogP contribution >= 0.6 is 11.3 Å². The molecule has 0 aliphatic heterocycles. The van der Waals surface area contributed by atoms with Gasteiger partial charge in [-0.15, -0.1) is 11.3 Å². The molecule has 6 heteroatoms. The van der Waals surface area contributed by atoms with Crippen molar-refractivity contribution in [1.29, 1.82) is 0 Å². The summed E-state index contributed by atoms with van der Waals surface area (Å²) < 4.78 is 0. The third-order valence-electron chi connectivity index (χ3n) is 7.73. The third-order valence-corrected chi connectivity index (χ3v) is 8.76. The Morgan fingerprint density at radius 2 is 1.97 bits per heavy atom. The smallest absolute Gasteiger partial charge is 0.181 e. The molecule has 2 N–H and O–H groups in total. The van der Waals surface area contributed by atoms with Gasteiger partial charge in [0.25, 0.3) is 0 Å². The summed E-state index contributed by atoms with van der Waals surface area (Å²) in [6.45, 7) is 8.34. The fourth-order valence-electron chi connectivity index (χ4n) is 5.68. The van der Waals surface area contributed by atoms with Crippen molar-refractivity contribution in [2.24, 2.45) is 5.92 Å². The molecule has 192 valence electrons. The van der Waals surface area contributed by atoms with Gasteiger partial charge in [0.1, 0.15) is 0 Å². The molecule has 5 heterocycles. The van der Waals surface area contributed by atoms with Gasteiger partial charge in [-0.2, -0.15) is 5.10 Å². The minimum absolute atomic E-state index is 0.709. The maximum atomic E-state index is 4.70. The zero-order valence-electron chi connectivity index (χ0n) is 22.1. The fourth-order valence-corrected chi connectivity index (χ4v) is 6.57. The zero-order chi connectivity index (χ0) is 26.1. The molecular weight excluding hydrogens is 486 g/mol. The number of pyridine rings is 2. The van der Waals surface area contributed by atoms with Gasteiger partial charge in [0.15, 0.2) is 5.65 Å². The predicted octanol–water partition coefficient (Wildman–Crippen LogP) is 9.02. The van der Waals surface area contributed by atoms with Gasteiger partial charge in [0.05, 0.1) is 23.1 Å². The number of aromatic nitrogens is 5. The topological polar surface area (TPSA) is 70.2 Å². The second-order valence-electron chi connectivity index (χ2n) is 10.3. The molecule has 0 bridgehead atoms. The molecule has 0 saturated heterocycles. The monoisotopic (exact) mass is 519 g/mol. The van der Waals surface area contributed by atoms with Crippen LogP contribution in [0.2, 0.25) is 0 Å². The van der Waals surface area contributed by atoms with Crippen LogP contribution in [0.5, 0.6) is 0 Å². The molecule has 0 aromatic carbocycles. The van der Waals surface area contributed by atoms with E-state index in [1.165, 1.54) is 47.4 Å². The van der Waals surface area contributed by atoms with Crippen molar-refractivity contribution in [3.63, 3.8) is 0 Å². The first-order chi connectivity index (χ1) is 18.6. The van der Waals surface area contributed by atoms with Gasteiger partial charge in [0.2, 0.25) is 0 Å². The molecule has 38 heavy (non-hydrogen) atoms. The van der Waals surface area contributed by atoms with Crippen molar-refractivity contribution in [3.8, 4) is 21.8 Å². The van der Waals surface area contributed by atoms with Crippen LogP contribution in [0, 0.1) is 12.8 Å². The molecule has 0 spiro atoms. The lowest BCUT2D eigenvalue weighted by Crippen LogP contribution is -2.06. The molecule has 0 amide bonds. The number of allylic oxidation sites excluding steroid dienone is 5. The second kappa shape index (κ2) is 10.5. The molecule has 1 saturated carbocycles. The molecule has 5 aromatic rings.